The lowest BCUT2D eigenvalue weighted by Crippen LogP contribution is -2.35. The fourth-order valence-electron chi connectivity index (χ4n) is 3.16. The van der Waals surface area contributed by atoms with E-state index in [0.29, 0.717) is 6.54 Å². The number of aromatic nitrogens is 3. The Balaban J connectivity index is 1.55. The summed E-state index contributed by atoms with van der Waals surface area (Å²) in [6.45, 7) is 5.19. The minimum atomic E-state index is 0.133. The van der Waals surface area contributed by atoms with Crippen LogP contribution in [0, 0.1) is 6.92 Å². The summed E-state index contributed by atoms with van der Waals surface area (Å²) in [7, 11) is 0. The summed E-state index contributed by atoms with van der Waals surface area (Å²) < 4.78 is 2.08. The Hall–Kier alpha value is -2.41. The van der Waals surface area contributed by atoms with E-state index in [4.69, 9.17) is 0 Å². The molecule has 4 rings (SSSR count). The topological polar surface area (TPSA) is 53.7 Å². The summed E-state index contributed by atoms with van der Waals surface area (Å²) in [5.41, 5.74) is 1.98. The van der Waals surface area contributed by atoms with Crippen LogP contribution in [0.4, 0.5) is 5.95 Å². The van der Waals surface area contributed by atoms with Crippen molar-refractivity contribution in [1.82, 2.24) is 19.5 Å². The molecule has 124 valence electrons. The molecule has 0 aromatic carbocycles. The summed E-state index contributed by atoms with van der Waals surface area (Å²) in [4.78, 5) is 17.5. The number of carbonyl (C=O) groups excluding carboxylic acids is 1. The van der Waals surface area contributed by atoms with Crippen molar-refractivity contribution in [1.29, 1.82) is 0 Å². The van der Waals surface area contributed by atoms with Crippen LogP contribution < -0.4 is 4.90 Å². The Bertz CT molecular complexity index is 857. The largest absolute Gasteiger partial charge is 0.339 e. The number of hydrogen-bond donors (Lipinski definition) is 0. The Morgan fingerprint density at radius 2 is 2.00 bits per heavy atom. The average molecular weight is 341 g/mol. The number of amides is 1. The zero-order valence-electron chi connectivity index (χ0n) is 13.6. The Morgan fingerprint density at radius 3 is 2.83 bits per heavy atom. The van der Waals surface area contributed by atoms with Crippen molar-refractivity contribution in [3.05, 3.63) is 46.3 Å². The first-order valence-electron chi connectivity index (χ1n) is 8.12. The fourth-order valence-corrected chi connectivity index (χ4v) is 3.85. The Kier molecular flexibility index (Phi) is 3.93. The van der Waals surface area contributed by atoms with E-state index in [-0.39, 0.29) is 5.91 Å². The number of thiophene rings is 1. The second-order valence-corrected chi connectivity index (χ2v) is 6.92. The molecule has 0 unspecified atom stereocenters. The second kappa shape index (κ2) is 6.24. The van der Waals surface area contributed by atoms with Crippen molar-refractivity contribution in [3.63, 3.8) is 0 Å². The smallest absolute Gasteiger partial charge is 0.263 e. The molecular formula is C17H19N5OS. The molecule has 1 saturated heterocycles. The van der Waals surface area contributed by atoms with Gasteiger partial charge in [-0.15, -0.1) is 21.5 Å². The van der Waals surface area contributed by atoms with E-state index in [9.17, 15) is 4.79 Å². The SMILES string of the molecule is Cc1cccc2nnc(N3CCCN(C(=O)c4cccs4)CC3)n12. The van der Waals surface area contributed by atoms with Crippen LogP contribution in [0.5, 0.6) is 0 Å². The minimum Gasteiger partial charge on any atom is -0.339 e. The van der Waals surface area contributed by atoms with Crippen molar-refractivity contribution in [2.45, 2.75) is 13.3 Å². The maximum absolute atomic E-state index is 12.6. The molecule has 4 heterocycles. The molecule has 1 amide bonds. The minimum absolute atomic E-state index is 0.133. The van der Waals surface area contributed by atoms with E-state index >= 15 is 0 Å². The van der Waals surface area contributed by atoms with Crippen LogP contribution in [0.1, 0.15) is 21.8 Å². The first kappa shape index (κ1) is 15.1. The van der Waals surface area contributed by atoms with Crippen LogP contribution in [0.15, 0.2) is 35.7 Å². The zero-order valence-corrected chi connectivity index (χ0v) is 14.4. The molecule has 1 aliphatic heterocycles. The Morgan fingerprint density at radius 1 is 1.08 bits per heavy atom. The molecule has 1 fully saturated rings. The van der Waals surface area contributed by atoms with E-state index in [1.165, 1.54) is 11.3 Å². The van der Waals surface area contributed by atoms with Gasteiger partial charge < -0.3 is 9.80 Å². The highest BCUT2D eigenvalue weighted by molar-refractivity contribution is 7.12. The number of aryl methyl sites for hydroxylation is 1. The van der Waals surface area contributed by atoms with Crippen LogP contribution in [0.25, 0.3) is 5.65 Å². The van der Waals surface area contributed by atoms with Crippen LogP contribution in [-0.2, 0) is 0 Å². The second-order valence-electron chi connectivity index (χ2n) is 5.97. The maximum atomic E-state index is 12.6. The molecule has 0 aliphatic carbocycles. The van der Waals surface area contributed by atoms with Gasteiger partial charge >= 0.3 is 0 Å². The summed E-state index contributed by atoms with van der Waals surface area (Å²) in [5, 5.41) is 10.6. The van der Waals surface area contributed by atoms with Crippen molar-refractivity contribution in [3.8, 4) is 0 Å². The quantitative estimate of drug-likeness (QED) is 0.718. The van der Waals surface area contributed by atoms with Gasteiger partial charge in [0.15, 0.2) is 5.65 Å². The summed E-state index contributed by atoms with van der Waals surface area (Å²) >= 11 is 1.50. The van der Waals surface area contributed by atoms with Gasteiger partial charge in [-0.05, 0) is 36.9 Å². The van der Waals surface area contributed by atoms with Crippen molar-refractivity contribution < 1.29 is 4.79 Å². The van der Waals surface area contributed by atoms with Gasteiger partial charge in [0, 0.05) is 31.9 Å². The number of hydrogen-bond acceptors (Lipinski definition) is 5. The number of pyridine rings is 1. The number of carbonyl (C=O) groups is 1. The predicted octanol–water partition coefficient (Wildman–Crippen LogP) is 2.45. The monoisotopic (exact) mass is 341 g/mol. The predicted molar refractivity (Wildman–Crippen MR) is 94.8 cm³/mol. The van der Waals surface area contributed by atoms with Gasteiger partial charge in [0.25, 0.3) is 5.91 Å². The molecule has 0 radical (unpaired) electrons. The molecule has 24 heavy (non-hydrogen) atoms. The third-order valence-electron chi connectivity index (χ3n) is 4.40. The highest BCUT2D eigenvalue weighted by Crippen LogP contribution is 2.19. The molecule has 0 bridgehead atoms. The molecular weight excluding hydrogens is 322 g/mol. The van der Waals surface area contributed by atoms with Crippen LogP contribution in [-0.4, -0.2) is 51.6 Å². The average Bonchev–Trinajstić information content (AvgIpc) is 3.20. The van der Waals surface area contributed by atoms with Crippen LogP contribution >= 0.6 is 11.3 Å². The number of nitrogens with zero attached hydrogens (tertiary/aromatic N) is 5. The third-order valence-corrected chi connectivity index (χ3v) is 5.26. The van der Waals surface area contributed by atoms with E-state index in [1.54, 1.807) is 0 Å². The van der Waals surface area contributed by atoms with Crippen molar-refractivity contribution in [2.24, 2.45) is 0 Å². The normalized spacial score (nSPS) is 15.7. The number of anilines is 1. The van der Waals surface area contributed by atoms with Crippen LogP contribution in [0.2, 0.25) is 0 Å². The summed E-state index contributed by atoms with van der Waals surface area (Å²) in [6, 6.07) is 9.84. The van der Waals surface area contributed by atoms with Gasteiger partial charge in [0.05, 0.1) is 4.88 Å². The Labute approximate surface area is 144 Å². The van der Waals surface area contributed by atoms with Crippen molar-refractivity contribution >= 4 is 28.8 Å². The van der Waals surface area contributed by atoms with Crippen molar-refractivity contribution in [2.75, 3.05) is 31.1 Å². The summed E-state index contributed by atoms with van der Waals surface area (Å²) in [6.07, 6.45) is 0.928. The fraction of sp³-hybridized carbons (Fsp3) is 0.353. The standard InChI is InChI=1S/C17H19N5OS/c1-13-5-2-7-15-18-19-17(22(13)15)21-9-4-8-20(10-11-21)16(23)14-6-3-12-24-14/h2-3,5-7,12H,4,8-11H2,1H3. The van der Waals surface area contributed by atoms with E-state index in [1.807, 2.05) is 34.5 Å². The van der Waals surface area contributed by atoms with Gasteiger partial charge in [-0.25, -0.2) is 0 Å². The molecule has 0 atom stereocenters. The summed E-state index contributed by atoms with van der Waals surface area (Å²) in [5.74, 6) is 1.00. The molecule has 0 spiro atoms. The highest BCUT2D eigenvalue weighted by Gasteiger charge is 2.23. The van der Waals surface area contributed by atoms with Gasteiger partial charge in [-0.3, -0.25) is 9.20 Å². The number of rotatable bonds is 2. The zero-order chi connectivity index (χ0) is 16.5. The molecule has 0 saturated carbocycles. The first-order chi connectivity index (χ1) is 11.7. The van der Waals surface area contributed by atoms with E-state index in [2.05, 4.69) is 32.5 Å². The molecule has 0 N–H and O–H groups in total. The molecule has 1 aliphatic rings. The lowest BCUT2D eigenvalue weighted by Gasteiger charge is -2.22. The lowest BCUT2D eigenvalue weighted by atomic mass is 10.3. The third kappa shape index (κ3) is 2.65. The number of fused-ring (bicyclic) bond motifs is 1. The van der Waals surface area contributed by atoms with E-state index < -0.39 is 0 Å². The highest BCUT2D eigenvalue weighted by atomic mass is 32.1. The van der Waals surface area contributed by atoms with Gasteiger partial charge in [-0.1, -0.05) is 12.1 Å². The molecule has 7 heteroatoms. The van der Waals surface area contributed by atoms with Gasteiger partial charge in [0.2, 0.25) is 5.95 Å². The molecule has 3 aromatic heterocycles. The first-order valence-corrected chi connectivity index (χ1v) is 9.00. The van der Waals surface area contributed by atoms with Gasteiger partial charge in [0.1, 0.15) is 0 Å². The van der Waals surface area contributed by atoms with Gasteiger partial charge in [-0.2, -0.15) is 0 Å². The molecule has 6 nitrogen and oxygen atoms in total. The lowest BCUT2D eigenvalue weighted by molar-refractivity contribution is 0.0772. The van der Waals surface area contributed by atoms with E-state index in [0.717, 1.165) is 48.2 Å². The van der Waals surface area contributed by atoms with Crippen LogP contribution in [0.3, 0.4) is 0 Å². The molecule has 3 aromatic rings. The maximum Gasteiger partial charge on any atom is 0.263 e.